The number of halogens is 3. The molecule has 4 nitrogen and oxygen atoms in total. The minimum atomic E-state index is -1.02. The van der Waals surface area contributed by atoms with E-state index in [1.54, 1.807) is 7.11 Å². The number of carbonyl (C=O) groups excluding carboxylic acids is 1. The van der Waals surface area contributed by atoms with Crippen molar-refractivity contribution < 1.29 is 18.3 Å². The molecule has 0 saturated carbocycles. The van der Waals surface area contributed by atoms with Gasteiger partial charge in [-0.25, -0.2) is 8.78 Å². The molecule has 1 N–H and O–H groups in total. The minimum absolute atomic E-state index is 0.236. The van der Waals surface area contributed by atoms with Crippen LogP contribution in [0.25, 0.3) is 0 Å². The van der Waals surface area contributed by atoms with Crippen molar-refractivity contribution in [3.8, 4) is 0 Å². The van der Waals surface area contributed by atoms with Crippen molar-refractivity contribution in [2.75, 3.05) is 39.9 Å². The van der Waals surface area contributed by atoms with E-state index in [1.807, 2.05) is 0 Å². The van der Waals surface area contributed by atoms with Gasteiger partial charge in [0.1, 0.15) is 10.8 Å². The van der Waals surface area contributed by atoms with Crippen LogP contribution in [0.2, 0.25) is 5.02 Å². The van der Waals surface area contributed by atoms with Gasteiger partial charge in [-0.3, -0.25) is 4.79 Å². The Morgan fingerprint density at radius 2 is 2.27 bits per heavy atom. The van der Waals surface area contributed by atoms with Crippen molar-refractivity contribution >= 4 is 17.5 Å². The third-order valence-electron chi connectivity index (χ3n) is 3.81. The molecule has 1 fully saturated rings. The van der Waals surface area contributed by atoms with Gasteiger partial charge in [0.15, 0.2) is 5.82 Å². The van der Waals surface area contributed by atoms with E-state index in [0.29, 0.717) is 19.1 Å². The zero-order valence-electron chi connectivity index (χ0n) is 12.4. The second-order valence-electron chi connectivity index (χ2n) is 5.38. The first-order chi connectivity index (χ1) is 10.5. The number of rotatable bonds is 6. The zero-order chi connectivity index (χ0) is 16.1. The summed E-state index contributed by atoms with van der Waals surface area (Å²) in [5.74, 6) is -2.15. The summed E-state index contributed by atoms with van der Waals surface area (Å²) < 4.78 is 31.9. The molecule has 1 aliphatic heterocycles. The van der Waals surface area contributed by atoms with E-state index in [0.717, 1.165) is 38.2 Å². The molecule has 0 spiro atoms. The molecule has 1 atom stereocenters. The molecule has 122 valence electrons. The highest BCUT2D eigenvalue weighted by Crippen LogP contribution is 2.22. The van der Waals surface area contributed by atoms with Crippen LogP contribution in [0.15, 0.2) is 12.1 Å². The van der Waals surface area contributed by atoms with E-state index in [2.05, 4.69) is 10.2 Å². The predicted octanol–water partition coefficient (Wildman–Crippen LogP) is 2.32. The van der Waals surface area contributed by atoms with Gasteiger partial charge in [-0.05, 0) is 31.0 Å². The smallest absolute Gasteiger partial charge is 0.254 e. The van der Waals surface area contributed by atoms with Crippen LogP contribution >= 0.6 is 11.6 Å². The van der Waals surface area contributed by atoms with Crippen LogP contribution in [-0.2, 0) is 4.74 Å². The molecule has 1 heterocycles. The normalized spacial score (nSPS) is 18.6. The molecule has 22 heavy (non-hydrogen) atoms. The number of nitrogens with zero attached hydrogens (tertiary/aromatic N) is 1. The summed E-state index contributed by atoms with van der Waals surface area (Å²) >= 11 is 5.47. The maximum Gasteiger partial charge on any atom is 0.254 e. The van der Waals surface area contributed by atoms with Gasteiger partial charge >= 0.3 is 0 Å². The molecular formula is C15H19ClF2N2O2. The fraction of sp³-hybridized carbons (Fsp3) is 0.533. The first-order valence-electron chi connectivity index (χ1n) is 7.16. The molecule has 0 radical (unpaired) electrons. The van der Waals surface area contributed by atoms with E-state index in [1.165, 1.54) is 0 Å². The maximum absolute atomic E-state index is 13.8. The van der Waals surface area contributed by atoms with Crippen LogP contribution in [0.3, 0.4) is 0 Å². The van der Waals surface area contributed by atoms with Crippen molar-refractivity contribution in [3.63, 3.8) is 0 Å². The van der Waals surface area contributed by atoms with Crippen molar-refractivity contribution in [3.05, 3.63) is 34.4 Å². The quantitative estimate of drug-likeness (QED) is 0.813. The monoisotopic (exact) mass is 332 g/mol. The zero-order valence-corrected chi connectivity index (χ0v) is 13.1. The molecule has 1 aromatic rings. The van der Waals surface area contributed by atoms with Crippen LogP contribution in [0.4, 0.5) is 8.78 Å². The van der Waals surface area contributed by atoms with Gasteiger partial charge in [0, 0.05) is 26.7 Å². The van der Waals surface area contributed by atoms with Gasteiger partial charge in [-0.15, -0.1) is 0 Å². The molecule has 1 aliphatic rings. The number of benzene rings is 1. The number of likely N-dealkylation sites (tertiary alicyclic amines) is 1. The summed E-state index contributed by atoms with van der Waals surface area (Å²) in [7, 11) is 1.66. The summed E-state index contributed by atoms with van der Waals surface area (Å²) in [6.07, 6.45) is 0.969. The van der Waals surface area contributed by atoms with Gasteiger partial charge in [-0.1, -0.05) is 11.6 Å². The number of ether oxygens (including phenoxy) is 1. The highest BCUT2D eigenvalue weighted by atomic mass is 35.5. The summed E-state index contributed by atoms with van der Waals surface area (Å²) in [6.45, 7) is 3.83. The summed E-state index contributed by atoms with van der Waals surface area (Å²) in [5.41, 5.74) is -0.236. The second kappa shape index (κ2) is 7.85. The molecule has 1 amide bonds. The van der Waals surface area contributed by atoms with Gasteiger partial charge < -0.3 is 15.0 Å². The lowest BCUT2D eigenvalue weighted by molar-refractivity contribution is 0.0942. The van der Waals surface area contributed by atoms with Crippen molar-refractivity contribution in [1.29, 1.82) is 0 Å². The number of nitrogens with one attached hydrogen (secondary N) is 1. The molecule has 7 heteroatoms. The highest BCUT2D eigenvalue weighted by molar-refractivity contribution is 6.31. The number of carbonyl (C=O) groups is 1. The molecule has 0 bridgehead atoms. The van der Waals surface area contributed by atoms with Crippen LogP contribution in [0.1, 0.15) is 16.8 Å². The van der Waals surface area contributed by atoms with Gasteiger partial charge in [0.25, 0.3) is 5.91 Å². The van der Waals surface area contributed by atoms with Crippen LogP contribution < -0.4 is 5.32 Å². The van der Waals surface area contributed by atoms with E-state index in [4.69, 9.17) is 16.3 Å². The average molecular weight is 333 g/mol. The van der Waals surface area contributed by atoms with Crippen LogP contribution in [-0.4, -0.2) is 50.7 Å². The number of hydrogen-bond donors (Lipinski definition) is 1. The maximum atomic E-state index is 13.8. The molecule has 0 aromatic heterocycles. The first-order valence-corrected chi connectivity index (χ1v) is 7.53. The fourth-order valence-corrected chi connectivity index (χ4v) is 2.70. The average Bonchev–Trinajstić information content (AvgIpc) is 2.96. The molecule has 1 aromatic carbocycles. The largest absolute Gasteiger partial charge is 0.383 e. The Morgan fingerprint density at radius 3 is 3.00 bits per heavy atom. The van der Waals surface area contributed by atoms with Gasteiger partial charge in [-0.2, -0.15) is 0 Å². The number of amides is 1. The van der Waals surface area contributed by atoms with Crippen molar-refractivity contribution in [1.82, 2.24) is 10.2 Å². The summed E-state index contributed by atoms with van der Waals surface area (Å²) in [5, 5.41) is 2.03. The first kappa shape index (κ1) is 17.1. The Bertz CT molecular complexity index is 543. The Hall–Kier alpha value is -1.24. The highest BCUT2D eigenvalue weighted by Gasteiger charge is 2.23. The molecule has 0 aliphatic carbocycles. The minimum Gasteiger partial charge on any atom is -0.383 e. The number of methoxy groups -OCH3 is 1. The molecule has 2 rings (SSSR count). The Kier molecular flexibility index (Phi) is 6.11. The van der Waals surface area contributed by atoms with Crippen LogP contribution in [0, 0.1) is 17.6 Å². The topological polar surface area (TPSA) is 41.6 Å². The lowest BCUT2D eigenvalue weighted by Crippen LogP contribution is -2.32. The van der Waals surface area contributed by atoms with E-state index >= 15 is 0 Å². The molecule has 1 saturated heterocycles. The SMILES string of the molecule is COCCN1CC[C@@H](CNC(=O)c2ccc(F)c(Cl)c2F)C1. The predicted molar refractivity (Wildman–Crippen MR) is 80.1 cm³/mol. The third-order valence-corrected chi connectivity index (χ3v) is 4.16. The fourth-order valence-electron chi connectivity index (χ4n) is 2.54. The van der Waals surface area contributed by atoms with Crippen molar-refractivity contribution in [2.24, 2.45) is 5.92 Å². The van der Waals surface area contributed by atoms with Crippen LogP contribution in [0.5, 0.6) is 0 Å². The second-order valence-corrected chi connectivity index (χ2v) is 5.76. The summed E-state index contributed by atoms with van der Waals surface area (Å²) in [6, 6.07) is 2.09. The van der Waals surface area contributed by atoms with E-state index in [9.17, 15) is 13.6 Å². The number of hydrogen-bond acceptors (Lipinski definition) is 3. The van der Waals surface area contributed by atoms with E-state index < -0.39 is 22.6 Å². The lowest BCUT2D eigenvalue weighted by Gasteiger charge is -2.15. The van der Waals surface area contributed by atoms with Gasteiger partial charge in [0.05, 0.1) is 12.2 Å². The lowest BCUT2D eigenvalue weighted by atomic mass is 10.1. The molecule has 0 unspecified atom stereocenters. The van der Waals surface area contributed by atoms with Crippen molar-refractivity contribution in [2.45, 2.75) is 6.42 Å². The molecular weight excluding hydrogens is 314 g/mol. The Balaban J connectivity index is 1.85. The van der Waals surface area contributed by atoms with Gasteiger partial charge in [0.2, 0.25) is 0 Å². The summed E-state index contributed by atoms with van der Waals surface area (Å²) in [4.78, 5) is 14.2. The Morgan fingerprint density at radius 1 is 1.50 bits per heavy atom. The van der Waals surface area contributed by atoms with E-state index in [-0.39, 0.29) is 5.56 Å². The third kappa shape index (κ3) is 4.15. The Labute approximate surface area is 133 Å². The standard InChI is InChI=1S/C15H19ClF2N2O2/c1-22-7-6-20-5-4-10(9-20)8-19-15(21)11-2-3-12(17)13(16)14(11)18/h2-3,10H,4-9H2,1H3,(H,19,21)/t10-/m0/s1.